The number of imidazole rings is 1. The van der Waals surface area contributed by atoms with E-state index in [4.69, 9.17) is 11.6 Å². The highest BCUT2D eigenvalue weighted by Crippen LogP contribution is 2.16. The first kappa shape index (κ1) is 11.0. The van der Waals surface area contributed by atoms with Crippen molar-refractivity contribution in [2.75, 3.05) is 6.54 Å². The summed E-state index contributed by atoms with van der Waals surface area (Å²) >= 11 is 6.07. The van der Waals surface area contributed by atoms with E-state index in [9.17, 15) is 0 Å². The highest BCUT2D eigenvalue weighted by atomic mass is 35.5. The lowest BCUT2D eigenvalue weighted by Gasteiger charge is -2.01. The second-order valence-corrected chi connectivity index (χ2v) is 3.67. The number of hydrogen-bond acceptors (Lipinski definition) is 2. The zero-order chi connectivity index (χ0) is 11.4. The Hall–Kier alpha value is -1.50. The summed E-state index contributed by atoms with van der Waals surface area (Å²) in [7, 11) is 0. The Bertz CT molecular complexity index is 548. The van der Waals surface area contributed by atoms with Gasteiger partial charge in [-0.15, -0.1) is 5.92 Å². The van der Waals surface area contributed by atoms with Crippen molar-refractivity contribution in [3.05, 3.63) is 35.2 Å². The van der Waals surface area contributed by atoms with Crippen molar-refractivity contribution >= 4 is 17.2 Å². The molecule has 4 heteroatoms. The fraction of sp³-hybridized carbons (Fsp3) is 0.250. The van der Waals surface area contributed by atoms with E-state index < -0.39 is 0 Å². The Kier molecular flexibility index (Phi) is 3.45. The summed E-state index contributed by atoms with van der Waals surface area (Å²) in [6, 6.07) is 5.83. The van der Waals surface area contributed by atoms with Gasteiger partial charge < -0.3 is 9.72 Å². The Labute approximate surface area is 99.4 Å². The van der Waals surface area contributed by atoms with Crippen LogP contribution in [-0.2, 0) is 6.54 Å². The van der Waals surface area contributed by atoms with Gasteiger partial charge in [0.25, 0.3) is 0 Å². The lowest BCUT2D eigenvalue weighted by molar-refractivity contribution is 0.742. The molecule has 0 saturated carbocycles. The van der Waals surface area contributed by atoms with Gasteiger partial charge in [0, 0.05) is 12.7 Å². The van der Waals surface area contributed by atoms with Crippen molar-refractivity contribution in [1.29, 1.82) is 0 Å². The first-order chi connectivity index (χ1) is 7.83. The van der Waals surface area contributed by atoms with Crippen LogP contribution >= 0.6 is 11.6 Å². The van der Waals surface area contributed by atoms with E-state index in [1.165, 1.54) is 0 Å². The Morgan fingerprint density at radius 1 is 1.50 bits per heavy atom. The molecule has 0 aliphatic heterocycles. The van der Waals surface area contributed by atoms with Crippen molar-refractivity contribution < 1.29 is 0 Å². The third kappa shape index (κ3) is 2.19. The zero-order valence-electron chi connectivity index (χ0n) is 9.00. The molecule has 82 valence electrons. The van der Waals surface area contributed by atoms with Crippen LogP contribution in [0.1, 0.15) is 12.6 Å². The molecular formula is C12H12ClN3. The molecule has 0 radical (unpaired) electrons. The minimum Gasteiger partial charge on any atom is -0.301 e. The number of aromatic nitrogens is 2. The molecule has 0 spiro atoms. The van der Waals surface area contributed by atoms with E-state index in [1.54, 1.807) is 0 Å². The van der Waals surface area contributed by atoms with Gasteiger partial charge in [-0.25, -0.2) is 4.98 Å². The SMILES string of the molecule is CC#CCNCc1c(Cl)nc2ccccn12. The molecule has 1 N–H and O–H groups in total. The highest BCUT2D eigenvalue weighted by molar-refractivity contribution is 6.30. The quantitative estimate of drug-likeness (QED) is 0.650. The second-order valence-electron chi connectivity index (χ2n) is 3.31. The van der Waals surface area contributed by atoms with Crippen molar-refractivity contribution in [1.82, 2.24) is 14.7 Å². The van der Waals surface area contributed by atoms with Gasteiger partial charge in [-0.2, -0.15) is 0 Å². The fourth-order valence-corrected chi connectivity index (χ4v) is 1.75. The molecule has 0 aliphatic carbocycles. The van der Waals surface area contributed by atoms with Crippen LogP contribution in [0.25, 0.3) is 5.65 Å². The summed E-state index contributed by atoms with van der Waals surface area (Å²) in [5, 5.41) is 3.75. The van der Waals surface area contributed by atoms with Gasteiger partial charge in [0.2, 0.25) is 0 Å². The smallest absolute Gasteiger partial charge is 0.152 e. The first-order valence-corrected chi connectivity index (χ1v) is 5.42. The molecule has 0 saturated heterocycles. The molecule has 2 heterocycles. The molecule has 0 atom stereocenters. The number of pyridine rings is 1. The average molecular weight is 234 g/mol. The third-order valence-corrected chi connectivity index (χ3v) is 2.57. The first-order valence-electron chi connectivity index (χ1n) is 5.04. The van der Waals surface area contributed by atoms with Crippen molar-refractivity contribution in [2.24, 2.45) is 0 Å². The van der Waals surface area contributed by atoms with Gasteiger partial charge in [-0.3, -0.25) is 0 Å². The zero-order valence-corrected chi connectivity index (χ0v) is 9.75. The predicted octanol–water partition coefficient (Wildman–Crippen LogP) is 2.10. The van der Waals surface area contributed by atoms with E-state index >= 15 is 0 Å². The summed E-state index contributed by atoms with van der Waals surface area (Å²) in [6.45, 7) is 3.15. The number of hydrogen-bond donors (Lipinski definition) is 1. The Morgan fingerprint density at radius 3 is 3.19 bits per heavy atom. The minimum atomic E-state index is 0.545. The van der Waals surface area contributed by atoms with Crippen LogP contribution in [-0.4, -0.2) is 15.9 Å². The molecule has 0 fully saturated rings. The minimum absolute atomic E-state index is 0.545. The van der Waals surface area contributed by atoms with Crippen LogP contribution < -0.4 is 5.32 Å². The van der Waals surface area contributed by atoms with Gasteiger partial charge in [0.15, 0.2) is 5.15 Å². The number of fused-ring (bicyclic) bond motifs is 1. The summed E-state index contributed by atoms with van der Waals surface area (Å²) < 4.78 is 1.98. The van der Waals surface area contributed by atoms with Crippen molar-refractivity contribution in [3.63, 3.8) is 0 Å². The van der Waals surface area contributed by atoms with Gasteiger partial charge in [-0.1, -0.05) is 23.6 Å². The van der Waals surface area contributed by atoms with Crippen LogP contribution in [0, 0.1) is 11.8 Å². The molecule has 0 aromatic carbocycles. The van der Waals surface area contributed by atoms with Gasteiger partial charge >= 0.3 is 0 Å². The van der Waals surface area contributed by atoms with Crippen LogP contribution in [0.4, 0.5) is 0 Å². The molecule has 0 bridgehead atoms. The normalized spacial score (nSPS) is 10.1. The predicted molar refractivity (Wildman–Crippen MR) is 65.4 cm³/mol. The number of nitrogens with one attached hydrogen (secondary N) is 1. The molecular weight excluding hydrogens is 222 g/mol. The lowest BCUT2D eigenvalue weighted by atomic mass is 10.4. The highest BCUT2D eigenvalue weighted by Gasteiger charge is 2.08. The van der Waals surface area contributed by atoms with Crippen molar-refractivity contribution in [3.8, 4) is 11.8 Å². The van der Waals surface area contributed by atoms with Crippen LogP contribution in [0.5, 0.6) is 0 Å². The summed E-state index contributed by atoms with van der Waals surface area (Å²) in [5.74, 6) is 5.78. The maximum absolute atomic E-state index is 6.07. The average Bonchev–Trinajstić information content (AvgIpc) is 2.61. The van der Waals surface area contributed by atoms with Gasteiger partial charge in [0.05, 0.1) is 12.2 Å². The second kappa shape index (κ2) is 5.02. The van der Waals surface area contributed by atoms with E-state index in [0.29, 0.717) is 18.2 Å². The number of halogens is 1. The molecule has 0 amide bonds. The van der Waals surface area contributed by atoms with E-state index in [2.05, 4.69) is 22.1 Å². The Morgan fingerprint density at radius 2 is 2.38 bits per heavy atom. The van der Waals surface area contributed by atoms with E-state index in [-0.39, 0.29) is 0 Å². The van der Waals surface area contributed by atoms with Gasteiger partial charge in [0.1, 0.15) is 5.65 Å². The largest absolute Gasteiger partial charge is 0.301 e. The van der Waals surface area contributed by atoms with Gasteiger partial charge in [-0.05, 0) is 19.1 Å². The number of nitrogens with zero attached hydrogens (tertiary/aromatic N) is 2. The van der Waals surface area contributed by atoms with Crippen LogP contribution in [0.3, 0.4) is 0 Å². The summed E-state index contributed by atoms with van der Waals surface area (Å²) in [5.41, 5.74) is 1.83. The monoisotopic (exact) mass is 233 g/mol. The van der Waals surface area contributed by atoms with Crippen LogP contribution in [0.15, 0.2) is 24.4 Å². The topological polar surface area (TPSA) is 29.3 Å². The van der Waals surface area contributed by atoms with E-state index in [0.717, 1.165) is 11.3 Å². The van der Waals surface area contributed by atoms with Crippen molar-refractivity contribution in [2.45, 2.75) is 13.5 Å². The standard InChI is InChI=1S/C12H12ClN3/c1-2-3-7-14-9-10-12(13)15-11-6-4-5-8-16(10)11/h4-6,8,14H,7,9H2,1H3. The molecule has 2 aromatic heterocycles. The molecule has 2 aromatic rings. The van der Waals surface area contributed by atoms with E-state index in [1.807, 2.05) is 35.7 Å². The maximum Gasteiger partial charge on any atom is 0.152 e. The fourth-order valence-electron chi connectivity index (χ4n) is 1.51. The Balaban J connectivity index is 2.21. The molecule has 3 nitrogen and oxygen atoms in total. The third-order valence-electron chi connectivity index (χ3n) is 2.26. The maximum atomic E-state index is 6.07. The summed E-state index contributed by atoms with van der Waals surface area (Å²) in [4.78, 5) is 4.26. The molecule has 0 aliphatic rings. The molecule has 2 rings (SSSR count). The number of rotatable bonds is 3. The summed E-state index contributed by atoms with van der Waals surface area (Å²) in [6.07, 6.45) is 1.96. The van der Waals surface area contributed by atoms with Crippen LogP contribution in [0.2, 0.25) is 5.15 Å². The molecule has 0 unspecified atom stereocenters. The molecule has 16 heavy (non-hydrogen) atoms. The lowest BCUT2D eigenvalue weighted by Crippen LogP contribution is -2.14.